The highest BCUT2D eigenvalue weighted by Gasteiger charge is 2.22. The van der Waals surface area contributed by atoms with Crippen LogP contribution in [0.5, 0.6) is 0 Å². The fraction of sp³-hybridized carbons (Fsp3) is 0.562. The molecule has 0 radical (unpaired) electrons. The second-order valence-corrected chi connectivity index (χ2v) is 7.64. The average Bonchev–Trinajstić information content (AvgIpc) is 3.12. The summed E-state index contributed by atoms with van der Waals surface area (Å²) in [5.74, 6) is 0. The van der Waals surface area contributed by atoms with E-state index in [1.54, 1.807) is 10.4 Å². The van der Waals surface area contributed by atoms with Gasteiger partial charge in [-0.05, 0) is 60.3 Å². The second kappa shape index (κ2) is 6.23. The van der Waals surface area contributed by atoms with Crippen molar-refractivity contribution in [2.75, 3.05) is 7.05 Å². The van der Waals surface area contributed by atoms with Crippen molar-refractivity contribution < 1.29 is 0 Å². The third-order valence-electron chi connectivity index (χ3n) is 4.36. The van der Waals surface area contributed by atoms with E-state index in [-0.39, 0.29) is 0 Å². The average molecular weight is 368 g/mol. The number of thiophene rings is 1. The molecule has 0 saturated heterocycles. The minimum absolute atomic E-state index is 0.372. The summed E-state index contributed by atoms with van der Waals surface area (Å²) in [6.45, 7) is 2.15. The van der Waals surface area contributed by atoms with Gasteiger partial charge in [0.15, 0.2) is 0 Å². The molecule has 1 aliphatic rings. The molecule has 2 aromatic rings. The first-order valence-corrected chi connectivity index (χ1v) is 9.24. The number of hydrogen-bond acceptors (Lipinski definition) is 3. The first kappa shape index (κ1) is 15.3. The molecule has 0 bridgehead atoms. The summed E-state index contributed by atoms with van der Waals surface area (Å²) in [4.78, 5) is 3.07. The van der Waals surface area contributed by atoms with Gasteiger partial charge in [0.05, 0.1) is 15.9 Å². The van der Waals surface area contributed by atoms with Crippen molar-refractivity contribution >= 4 is 27.3 Å². The van der Waals surface area contributed by atoms with Crippen molar-refractivity contribution in [3.63, 3.8) is 0 Å². The van der Waals surface area contributed by atoms with E-state index in [9.17, 15) is 0 Å². The summed E-state index contributed by atoms with van der Waals surface area (Å²) < 4.78 is 3.20. The van der Waals surface area contributed by atoms with Gasteiger partial charge in [-0.25, -0.2) is 0 Å². The van der Waals surface area contributed by atoms with Crippen LogP contribution in [0.15, 0.2) is 10.5 Å². The molecule has 0 amide bonds. The normalized spacial score (nSPS) is 15.4. The molecule has 0 spiro atoms. The number of hydrogen-bond donors (Lipinski definition) is 1. The number of nitrogens with zero attached hydrogens (tertiary/aromatic N) is 2. The number of aromatic nitrogens is 2. The number of rotatable bonds is 5. The van der Waals surface area contributed by atoms with Gasteiger partial charge in [-0.2, -0.15) is 5.10 Å². The molecule has 0 saturated carbocycles. The van der Waals surface area contributed by atoms with Gasteiger partial charge in [-0.15, -0.1) is 11.3 Å². The molecule has 3 rings (SSSR count). The highest BCUT2D eigenvalue weighted by Crippen LogP contribution is 2.35. The highest BCUT2D eigenvalue weighted by molar-refractivity contribution is 9.10. The molecule has 5 heteroatoms. The molecule has 0 aliphatic heterocycles. The molecular weight excluding hydrogens is 346 g/mol. The summed E-state index contributed by atoms with van der Waals surface area (Å²) in [5, 5.41) is 8.09. The van der Waals surface area contributed by atoms with Gasteiger partial charge in [0.1, 0.15) is 0 Å². The molecule has 1 atom stereocenters. The van der Waals surface area contributed by atoms with E-state index in [1.165, 1.54) is 34.3 Å². The Balaban J connectivity index is 1.85. The Morgan fingerprint density at radius 2 is 2.29 bits per heavy atom. The summed E-state index contributed by atoms with van der Waals surface area (Å²) >= 11 is 5.72. The predicted molar refractivity (Wildman–Crippen MR) is 92.1 cm³/mol. The molecule has 1 unspecified atom stereocenters. The SMILES string of the molecule is CCc1nn(C)c(CC(NC)c2cc3c(s2)CCC3)c1Br. The van der Waals surface area contributed by atoms with Crippen molar-refractivity contribution in [1.82, 2.24) is 15.1 Å². The summed E-state index contributed by atoms with van der Waals surface area (Å²) in [5.41, 5.74) is 4.00. The molecule has 2 heterocycles. The Bertz CT molecular complexity index is 623. The number of halogens is 1. The van der Waals surface area contributed by atoms with Crippen molar-refractivity contribution in [3.8, 4) is 0 Å². The largest absolute Gasteiger partial charge is 0.312 e. The van der Waals surface area contributed by atoms with E-state index in [0.29, 0.717) is 6.04 Å². The van der Waals surface area contributed by atoms with Crippen LogP contribution in [-0.2, 0) is 32.7 Å². The summed E-state index contributed by atoms with van der Waals surface area (Å²) in [6.07, 6.45) is 5.80. The van der Waals surface area contributed by atoms with Crippen molar-refractivity contribution in [2.24, 2.45) is 7.05 Å². The van der Waals surface area contributed by atoms with E-state index in [4.69, 9.17) is 0 Å². The highest BCUT2D eigenvalue weighted by atomic mass is 79.9. The Morgan fingerprint density at radius 3 is 2.90 bits per heavy atom. The zero-order valence-corrected chi connectivity index (χ0v) is 15.3. The quantitative estimate of drug-likeness (QED) is 0.870. The molecule has 0 fully saturated rings. The smallest absolute Gasteiger partial charge is 0.0766 e. The Labute approximate surface area is 138 Å². The van der Waals surface area contributed by atoms with Crippen molar-refractivity contribution in [3.05, 3.63) is 37.2 Å². The standard InChI is InChI=1S/C16H22BrN3S/c1-4-11-16(17)13(20(3)19-11)9-12(18-2)15-8-10-6-5-7-14(10)21-15/h8,12,18H,4-7,9H2,1-3H3. The second-order valence-electron chi connectivity index (χ2n) is 5.68. The Morgan fingerprint density at radius 1 is 1.48 bits per heavy atom. The minimum atomic E-state index is 0.372. The van der Waals surface area contributed by atoms with E-state index in [2.05, 4.69) is 46.4 Å². The lowest BCUT2D eigenvalue weighted by Crippen LogP contribution is -2.19. The zero-order valence-electron chi connectivity index (χ0n) is 12.9. The van der Waals surface area contributed by atoms with Crippen LogP contribution in [0.3, 0.4) is 0 Å². The molecule has 2 aromatic heterocycles. The third-order valence-corrected chi connectivity index (χ3v) is 6.62. The van der Waals surface area contributed by atoms with Crippen LogP contribution in [0, 0.1) is 0 Å². The Hall–Kier alpha value is -0.650. The maximum absolute atomic E-state index is 4.61. The van der Waals surface area contributed by atoms with Gasteiger partial charge >= 0.3 is 0 Å². The van der Waals surface area contributed by atoms with Gasteiger partial charge in [0.25, 0.3) is 0 Å². The maximum atomic E-state index is 4.61. The van der Waals surface area contributed by atoms with Gasteiger partial charge in [0.2, 0.25) is 0 Å². The zero-order chi connectivity index (χ0) is 15.0. The van der Waals surface area contributed by atoms with Gasteiger partial charge in [-0.1, -0.05) is 6.92 Å². The molecule has 0 aromatic carbocycles. The monoisotopic (exact) mass is 367 g/mol. The first-order chi connectivity index (χ1) is 10.1. The molecule has 21 heavy (non-hydrogen) atoms. The maximum Gasteiger partial charge on any atom is 0.0766 e. The number of likely N-dealkylation sites (N-methyl/N-ethyl adjacent to an activating group) is 1. The lowest BCUT2D eigenvalue weighted by atomic mass is 10.1. The number of fused-ring (bicyclic) bond motifs is 1. The Kier molecular flexibility index (Phi) is 4.52. The van der Waals surface area contributed by atoms with Gasteiger partial charge in [0, 0.05) is 29.3 Å². The van der Waals surface area contributed by atoms with Crippen molar-refractivity contribution in [2.45, 2.75) is 45.1 Å². The molecule has 1 aliphatic carbocycles. The minimum Gasteiger partial charge on any atom is -0.312 e. The molecule has 3 nitrogen and oxygen atoms in total. The van der Waals surface area contributed by atoms with Crippen LogP contribution < -0.4 is 5.32 Å². The fourth-order valence-electron chi connectivity index (χ4n) is 3.10. The topological polar surface area (TPSA) is 29.9 Å². The lowest BCUT2D eigenvalue weighted by molar-refractivity contribution is 0.567. The summed E-state index contributed by atoms with van der Waals surface area (Å²) in [7, 11) is 4.10. The lowest BCUT2D eigenvalue weighted by Gasteiger charge is -2.15. The molecular formula is C16H22BrN3S. The van der Waals surface area contributed by atoms with Gasteiger partial charge < -0.3 is 5.32 Å². The van der Waals surface area contributed by atoms with E-state index in [0.717, 1.165) is 18.5 Å². The van der Waals surface area contributed by atoms with E-state index < -0.39 is 0 Å². The van der Waals surface area contributed by atoms with Gasteiger partial charge in [-0.3, -0.25) is 4.68 Å². The molecule has 1 N–H and O–H groups in total. The van der Waals surface area contributed by atoms with Crippen LogP contribution in [-0.4, -0.2) is 16.8 Å². The number of aryl methyl sites for hydroxylation is 4. The summed E-state index contributed by atoms with van der Waals surface area (Å²) in [6, 6.07) is 2.79. The first-order valence-electron chi connectivity index (χ1n) is 7.63. The van der Waals surface area contributed by atoms with Crippen LogP contribution in [0.4, 0.5) is 0 Å². The van der Waals surface area contributed by atoms with Crippen LogP contribution in [0.2, 0.25) is 0 Å². The molecule has 114 valence electrons. The van der Waals surface area contributed by atoms with E-state index in [1.807, 2.05) is 23.1 Å². The van der Waals surface area contributed by atoms with Crippen LogP contribution in [0.1, 0.15) is 46.1 Å². The van der Waals surface area contributed by atoms with Crippen LogP contribution >= 0.6 is 27.3 Å². The van der Waals surface area contributed by atoms with Crippen molar-refractivity contribution in [1.29, 1.82) is 0 Å². The fourth-order valence-corrected chi connectivity index (χ4v) is 5.25. The number of nitrogens with one attached hydrogen (secondary N) is 1. The third kappa shape index (κ3) is 2.83. The van der Waals surface area contributed by atoms with E-state index >= 15 is 0 Å². The van der Waals surface area contributed by atoms with Crippen LogP contribution in [0.25, 0.3) is 0 Å². The predicted octanol–water partition coefficient (Wildman–Crippen LogP) is 3.80.